The monoisotopic (exact) mass is 666 g/mol. The number of terminal acetylenes is 1. The SMILES string of the molecule is C#CC1CC(C(=O)NC(CC2CCC(O)CC2)C(O)CN(CC)NS(=O)(=O)CC2CCCCC2)CC(C(=O)N(CCC)CCC)C1. The van der Waals surface area contributed by atoms with Crippen LogP contribution in [-0.4, -0.2) is 90.5 Å². The molecule has 4 N–H and O–H groups in total. The highest BCUT2D eigenvalue weighted by Crippen LogP contribution is 2.35. The molecule has 3 saturated carbocycles. The topological polar surface area (TPSA) is 139 Å². The van der Waals surface area contributed by atoms with Crippen molar-refractivity contribution in [3.05, 3.63) is 0 Å². The summed E-state index contributed by atoms with van der Waals surface area (Å²) < 4.78 is 26.1. The van der Waals surface area contributed by atoms with Crippen molar-refractivity contribution in [1.29, 1.82) is 0 Å². The van der Waals surface area contributed by atoms with E-state index < -0.39 is 28.1 Å². The van der Waals surface area contributed by atoms with E-state index in [4.69, 9.17) is 6.42 Å². The van der Waals surface area contributed by atoms with Gasteiger partial charge >= 0.3 is 0 Å². The van der Waals surface area contributed by atoms with Crippen molar-refractivity contribution in [2.75, 3.05) is 31.9 Å². The highest BCUT2D eigenvalue weighted by atomic mass is 32.2. The molecular weight excluding hydrogens is 604 g/mol. The third-order valence-corrected chi connectivity index (χ3v) is 11.8. The van der Waals surface area contributed by atoms with Gasteiger partial charge in [-0.3, -0.25) is 9.59 Å². The number of nitrogens with one attached hydrogen (secondary N) is 2. The molecule has 0 aromatic heterocycles. The molecule has 0 aromatic rings. The molecule has 0 saturated heterocycles. The van der Waals surface area contributed by atoms with Gasteiger partial charge in [-0.2, -0.15) is 0 Å². The maximum Gasteiger partial charge on any atom is 0.225 e. The molecule has 3 aliphatic rings. The van der Waals surface area contributed by atoms with Gasteiger partial charge in [0, 0.05) is 43.9 Å². The predicted molar refractivity (Wildman–Crippen MR) is 182 cm³/mol. The second-order valence-corrected chi connectivity index (χ2v) is 16.0. The Morgan fingerprint density at radius 2 is 1.54 bits per heavy atom. The van der Waals surface area contributed by atoms with Crippen LogP contribution in [0.25, 0.3) is 0 Å². The van der Waals surface area contributed by atoms with Crippen molar-refractivity contribution in [1.82, 2.24) is 20.1 Å². The summed E-state index contributed by atoms with van der Waals surface area (Å²) in [4.78, 5) is 32.0. The second kappa shape index (κ2) is 19.3. The number of sulfonamides is 1. The number of likely N-dealkylation sites (N-methyl/N-ethyl adjacent to an activating group) is 1. The average molecular weight is 667 g/mol. The first-order valence-electron chi connectivity index (χ1n) is 18.1. The van der Waals surface area contributed by atoms with Crippen LogP contribution in [-0.2, 0) is 19.6 Å². The Kier molecular flexibility index (Phi) is 16.3. The van der Waals surface area contributed by atoms with Crippen LogP contribution in [0, 0.1) is 41.9 Å². The van der Waals surface area contributed by atoms with Crippen molar-refractivity contribution in [2.24, 2.45) is 29.6 Å². The van der Waals surface area contributed by atoms with Crippen LogP contribution >= 0.6 is 0 Å². The lowest BCUT2D eigenvalue weighted by Gasteiger charge is -2.37. The molecule has 0 aromatic carbocycles. The Bertz CT molecular complexity index is 1080. The predicted octanol–water partition coefficient (Wildman–Crippen LogP) is 3.82. The van der Waals surface area contributed by atoms with Gasteiger partial charge in [0.25, 0.3) is 0 Å². The zero-order chi connectivity index (χ0) is 33.7. The van der Waals surface area contributed by atoms with Crippen LogP contribution in [0.15, 0.2) is 0 Å². The molecule has 5 atom stereocenters. The summed E-state index contributed by atoms with van der Waals surface area (Å²) in [5.41, 5.74) is 0. The number of nitrogens with zero attached hydrogens (tertiary/aromatic N) is 2. The Morgan fingerprint density at radius 3 is 2.13 bits per heavy atom. The van der Waals surface area contributed by atoms with Gasteiger partial charge in [-0.1, -0.05) is 40.0 Å². The second-order valence-electron chi connectivity index (χ2n) is 14.3. The Labute approximate surface area is 278 Å². The van der Waals surface area contributed by atoms with Crippen molar-refractivity contribution in [3.63, 3.8) is 0 Å². The summed E-state index contributed by atoms with van der Waals surface area (Å²) >= 11 is 0. The third-order valence-electron chi connectivity index (χ3n) is 10.4. The Morgan fingerprint density at radius 1 is 0.913 bits per heavy atom. The molecule has 0 spiro atoms. The number of hydrogen-bond acceptors (Lipinski definition) is 7. The number of hydrazine groups is 1. The summed E-state index contributed by atoms with van der Waals surface area (Å²) in [6.45, 7) is 7.70. The molecule has 5 unspecified atom stereocenters. The lowest BCUT2D eigenvalue weighted by atomic mass is 9.74. The van der Waals surface area contributed by atoms with Crippen LogP contribution < -0.4 is 10.1 Å². The molecular formula is C35H62N4O6S. The van der Waals surface area contributed by atoms with E-state index in [2.05, 4.69) is 29.9 Å². The van der Waals surface area contributed by atoms with Gasteiger partial charge < -0.3 is 20.4 Å². The number of amides is 2. The number of aliphatic hydroxyl groups is 2. The third kappa shape index (κ3) is 12.4. The molecule has 0 heterocycles. The van der Waals surface area contributed by atoms with E-state index in [1.54, 1.807) is 0 Å². The minimum atomic E-state index is -3.58. The molecule has 3 aliphatic carbocycles. The quantitative estimate of drug-likeness (QED) is 0.137. The largest absolute Gasteiger partial charge is 0.393 e. The molecule has 2 amide bonds. The first-order valence-corrected chi connectivity index (χ1v) is 19.8. The summed E-state index contributed by atoms with van der Waals surface area (Å²) in [5, 5.41) is 26.3. The lowest BCUT2D eigenvalue weighted by Crippen LogP contribution is -2.54. The van der Waals surface area contributed by atoms with E-state index >= 15 is 0 Å². The molecule has 0 radical (unpaired) electrons. The highest BCUT2D eigenvalue weighted by molar-refractivity contribution is 7.89. The fourth-order valence-electron chi connectivity index (χ4n) is 7.84. The van der Waals surface area contributed by atoms with Crippen molar-refractivity contribution < 1.29 is 28.2 Å². The first-order chi connectivity index (χ1) is 22.0. The standard InChI is InChI=1S/C35H62N4O6S/c1-5-18-38(19-6-2)35(43)30-21-26(7-3)20-29(23-30)34(42)36-32(22-27-14-16-31(40)17-15-27)33(41)24-39(8-4)37-46(44,45)25-28-12-10-9-11-13-28/h3,26-33,37,40-41H,5-6,8-25H2,1-2,4H3,(H,36,42). The molecule has 264 valence electrons. The molecule has 46 heavy (non-hydrogen) atoms. The van der Waals surface area contributed by atoms with Gasteiger partial charge in [-0.05, 0) is 88.9 Å². The minimum absolute atomic E-state index is 0.0302. The molecule has 0 bridgehead atoms. The zero-order valence-electron chi connectivity index (χ0n) is 28.7. The van der Waals surface area contributed by atoms with E-state index in [0.29, 0.717) is 58.2 Å². The average Bonchev–Trinajstić information content (AvgIpc) is 3.04. The molecule has 3 rings (SSSR count). The van der Waals surface area contributed by atoms with E-state index in [9.17, 15) is 28.2 Å². The summed E-state index contributed by atoms with van der Waals surface area (Å²) in [7, 11) is -3.58. The fraction of sp³-hybridized carbons (Fsp3) is 0.886. The Hall–Kier alpha value is -1.71. The lowest BCUT2D eigenvalue weighted by molar-refractivity contribution is -0.139. The van der Waals surface area contributed by atoms with Gasteiger partial charge in [0.2, 0.25) is 21.8 Å². The molecule has 10 nitrogen and oxygen atoms in total. The first kappa shape index (κ1) is 38.7. The van der Waals surface area contributed by atoms with Gasteiger partial charge in [0.15, 0.2) is 0 Å². The number of rotatable bonds is 17. The van der Waals surface area contributed by atoms with Gasteiger partial charge in [0.05, 0.1) is 24.0 Å². The van der Waals surface area contributed by atoms with Crippen molar-refractivity contribution in [3.8, 4) is 12.3 Å². The fourth-order valence-corrected chi connectivity index (χ4v) is 9.46. The van der Waals surface area contributed by atoms with Crippen LogP contribution in [0.4, 0.5) is 0 Å². The number of aliphatic hydroxyl groups excluding tert-OH is 2. The summed E-state index contributed by atoms with van der Waals surface area (Å²) in [5.74, 6) is 2.17. The maximum atomic E-state index is 13.9. The number of hydrogen-bond donors (Lipinski definition) is 4. The van der Waals surface area contributed by atoms with Crippen molar-refractivity contribution >= 4 is 21.8 Å². The van der Waals surface area contributed by atoms with E-state index in [1.165, 1.54) is 5.01 Å². The smallest absolute Gasteiger partial charge is 0.225 e. The van der Waals surface area contributed by atoms with Gasteiger partial charge in [0.1, 0.15) is 0 Å². The van der Waals surface area contributed by atoms with E-state index in [1.807, 2.05) is 11.8 Å². The Balaban J connectivity index is 1.71. The number of carbonyl (C=O) groups excluding carboxylic acids is 2. The van der Waals surface area contributed by atoms with Crippen LogP contribution in [0.1, 0.15) is 117 Å². The highest BCUT2D eigenvalue weighted by Gasteiger charge is 2.39. The molecule has 0 aliphatic heterocycles. The molecule has 3 fully saturated rings. The van der Waals surface area contributed by atoms with Crippen molar-refractivity contribution in [2.45, 2.75) is 135 Å². The minimum Gasteiger partial charge on any atom is -0.393 e. The zero-order valence-corrected chi connectivity index (χ0v) is 29.5. The van der Waals surface area contributed by atoms with Crippen LogP contribution in [0.2, 0.25) is 0 Å². The van der Waals surface area contributed by atoms with E-state index in [-0.39, 0.29) is 53.9 Å². The maximum absolute atomic E-state index is 13.9. The summed E-state index contributed by atoms with van der Waals surface area (Å²) in [6.07, 6.45) is 16.4. The summed E-state index contributed by atoms with van der Waals surface area (Å²) in [6, 6.07) is -0.610. The van der Waals surface area contributed by atoms with Crippen LogP contribution in [0.3, 0.4) is 0 Å². The number of carbonyl (C=O) groups is 2. The molecule has 11 heteroatoms. The van der Waals surface area contributed by atoms with Gasteiger partial charge in [-0.25, -0.2) is 13.4 Å². The van der Waals surface area contributed by atoms with Gasteiger partial charge in [-0.15, -0.1) is 17.2 Å². The van der Waals surface area contributed by atoms with E-state index in [0.717, 1.165) is 57.8 Å². The van der Waals surface area contributed by atoms with Crippen LogP contribution in [0.5, 0.6) is 0 Å². The normalized spacial score (nSPS) is 27.5.